The maximum atomic E-state index is 3.20. The highest BCUT2D eigenvalue weighted by molar-refractivity contribution is 9.47. The van der Waals surface area contributed by atoms with Crippen molar-refractivity contribution >= 4 is 41.8 Å². The van der Waals surface area contributed by atoms with Gasteiger partial charge in [0.15, 0.2) is 0 Å². The molecular formula is C10H13Br2Mg. The minimum absolute atomic E-state index is 0.0417. The largest absolute Gasteiger partial charge is 0.560 e. The Hall–Kier alpha value is 0.946. The highest BCUT2D eigenvalue weighted by Gasteiger charge is 1.90. The van der Waals surface area contributed by atoms with Crippen LogP contribution in [0.1, 0.15) is 25.0 Å². The van der Waals surface area contributed by atoms with Gasteiger partial charge in [0.05, 0.1) is 0 Å². The van der Waals surface area contributed by atoms with Gasteiger partial charge in [-0.1, -0.05) is 32.0 Å². The van der Waals surface area contributed by atoms with E-state index in [1.807, 2.05) is 6.07 Å². The number of hydrogen-bond donors (Lipinski definition) is 0. The molecule has 3 heteroatoms. The Morgan fingerprint density at radius 2 is 1.92 bits per heavy atom. The van der Waals surface area contributed by atoms with Crippen LogP contribution in [0.2, 0.25) is 0 Å². The van der Waals surface area contributed by atoms with E-state index in [0.29, 0.717) is 0 Å². The monoisotopic (exact) mass is 315 g/mol. The molecule has 0 aliphatic heterocycles. The minimum Gasteiger partial charge on any atom is -0.280 e. The van der Waals surface area contributed by atoms with E-state index in [4.69, 9.17) is 0 Å². The fraction of sp³-hybridized carbons (Fsp3) is 0.400. The fourth-order valence-corrected chi connectivity index (χ4v) is 0.993. The molecule has 0 aromatic heterocycles. The molecule has 1 aromatic carbocycles. The van der Waals surface area contributed by atoms with Crippen molar-refractivity contribution in [1.29, 1.82) is 0 Å². The lowest BCUT2D eigenvalue weighted by Gasteiger charge is -1.97. The van der Waals surface area contributed by atoms with Crippen LogP contribution >= 0.6 is 25.8 Å². The summed E-state index contributed by atoms with van der Waals surface area (Å²) in [6.45, 7) is 4.33. The normalized spacial score (nSPS) is 8.31. The summed E-state index contributed by atoms with van der Waals surface area (Å²) in [5, 5.41) is 0. The third kappa shape index (κ3) is 6.94. The van der Waals surface area contributed by atoms with Crippen molar-refractivity contribution in [3.63, 3.8) is 0 Å². The van der Waals surface area contributed by atoms with E-state index >= 15 is 0 Å². The molecule has 0 amide bonds. The lowest BCUT2D eigenvalue weighted by atomic mass is 10.1. The molecule has 1 aromatic rings. The van der Waals surface area contributed by atoms with Crippen LogP contribution in [0.5, 0.6) is 0 Å². The first-order valence-corrected chi connectivity index (χ1v) is 12.2. The molecular weight excluding hydrogens is 304 g/mol. The molecule has 0 atom stereocenters. The van der Waals surface area contributed by atoms with E-state index < -0.39 is 0 Å². The quantitative estimate of drug-likeness (QED) is 0.725. The van der Waals surface area contributed by atoms with E-state index in [1.165, 1.54) is 11.1 Å². The Bertz CT molecular complexity index is 207. The topological polar surface area (TPSA) is 0 Å². The predicted molar refractivity (Wildman–Crippen MR) is 67.6 cm³/mol. The van der Waals surface area contributed by atoms with Crippen LogP contribution in [0.15, 0.2) is 18.2 Å². The van der Waals surface area contributed by atoms with Gasteiger partial charge in [-0.2, -0.15) is 0 Å². The lowest BCUT2D eigenvalue weighted by molar-refractivity contribution is 1.08. The van der Waals surface area contributed by atoms with E-state index in [1.54, 1.807) is 0 Å². The maximum absolute atomic E-state index is 3.20. The zero-order chi connectivity index (χ0) is 10.1. The predicted octanol–water partition coefficient (Wildman–Crippen LogP) is 3.92. The molecule has 1 rings (SSSR count). The first kappa shape index (κ1) is 13.9. The number of rotatable bonds is 2. The standard InChI is InChI=1S/C10H13.2BrH.Mg/c1-3-9-6-5-7-10(4-2)8-9;;;/h5-6,8H,3-4H2,1-2H3;2*1H;/q;;;+2/p-2. The molecule has 0 nitrogen and oxygen atoms in total. The zero-order valence-electron chi connectivity index (χ0n) is 8.11. The molecule has 1 radical (unpaired) electrons. The van der Waals surface area contributed by atoms with Gasteiger partial charge in [0.1, 0.15) is 0 Å². The van der Waals surface area contributed by atoms with Crippen molar-refractivity contribution in [1.82, 2.24) is 0 Å². The maximum Gasteiger partial charge on any atom is 0.560 e. The molecule has 0 N–H and O–H groups in total. The average Bonchev–Trinajstić information content (AvgIpc) is 2.19. The first-order valence-electron chi connectivity index (χ1n) is 4.39. The van der Waals surface area contributed by atoms with Crippen molar-refractivity contribution in [2.45, 2.75) is 26.7 Å². The number of benzene rings is 1. The highest BCUT2D eigenvalue weighted by atomic mass is 79.9. The van der Waals surface area contributed by atoms with Gasteiger partial charge in [0, 0.05) is 0 Å². The van der Waals surface area contributed by atoms with Gasteiger partial charge in [-0.25, -0.2) is 0 Å². The molecule has 69 valence electrons. The minimum atomic E-state index is 0.0417. The van der Waals surface area contributed by atoms with E-state index in [2.05, 4.69) is 57.8 Å². The molecule has 0 bridgehead atoms. The smallest absolute Gasteiger partial charge is 0.280 e. The summed E-state index contributed by atoms with van der Waals surface area (Å²) in [5.41, 5.74) is 2.73. The Kier molecular flexibility index (Phi) is 10.2. The summed E-state index contributed by atoms with van der Waals surface area (Å²) in [7, 11) is 0. The Morgan fingerprint density at radius 1 is 1.31 bits per heavy atom. The summed E-state index contributed by atoms with van der Waals surface area (Å²) >= 11 is 6.44. The summed E-state index contributed by atoms with van der Waals surface area (Å²) in [6.07, 6.45) is 2.22. The number of aryl methyl sites for hydroxylation is 2. The summed E-state index contributed by atoms with van der Waals surface area (Å²) in [4.78, 5) is 0. The van der Waals surface area contributed by atoms with Gasteiger partial charge >= 0.3 is 16.0 Å². The van der Waals surface area contributed by atoms with Gasteiger partial charge in [0.2, 0.25) is 0 Å². The SMILES string of the molecule is CCc1[c]ccc(CC)c1.[Br][Mg][Br]. The van der Waals surface area contributed by atoms with E-state index in [0.717, 1.165) is 12.8 Å². The number of hydrogen-bond acceptors (Lipinski definition) is 0. The van der Waals surface area contributed by atoms with Crippen LogP contribution in [0, 0.1) is 6.07 Å². The summed E-state index contributed by atoms with van der Waals surface area (Å²) in [6, 6.07) is 9.55. The number of halogens is 2. The first-order chi connectivity index (χ1) is 6.28. The van der Waals surface area contributed by atoms with Crippen molar-refractivity contribution in [2.75, 3.05) is 0 Å². The third-order valence-corrected chi connectivity index (χ3v) is 1.71. The van der Waals surface area contributed by atoms with Gasteiger partial charge < -0.3 is 0 Å². The second kappa shape index (κ2) is 9.50. The molecule has 0 spiro atoms. The van der Waals surface area contributed by atoms with Crippen molar-refractivity contribution in [2.24, 2.45) is 0 Å². The van der Waals surface area contributed by atoms with Crippen LogP contribution in [-0.4, -0.2) is 16.0 Å². The Balaban J connectivity index is 0.000000424. The third-order valence-electron chi connectivity index (χ3n) is 1.71. The molecule has 0 unspecified atom stereocenters. The van der Waals surface area contributed by atoms with Gasteiger partial charge in [0.25, 0.3) is 0 Å². The van der Waals surface area contributed by atoms with Crippen LogP contribution in [-0.2, 0) is 12.8 Å². The molecule has 0 saturated heterocycles. The molecule has 13 heavy (non-hydrogen) atoms. The van der Waals surface area contributed by atoms with Gasteiger partial charge in [-0.3, -0.25) is 25.8 Å². The molecule has 0 heterocycles. The van der Waals surface area contributed by atoms with Gasteiger partial charge in [-0.15, -0.1) is 0 Å². The van der Waals surface area contributed by atoms with Crippen LogP contribution < -0.4 is 0 Å². The molecule has 0 aliphatic carbocycles. The fourth-order valence-electron chi connectivity index (χ4n) is 0.993. The molecule has 0 fully saturated rings. The van der Waals surface area contributed by atoms with E-state index in [9.17, 15) is 0 Å². The molecule has 0 saturated carbocycles. The Labute approximate surface area is 103 Å². The highest BCUT2D eigenvalue weighted by Crippen LogP contribution is 2.04. The Morgan fingerprint density at radius 3 is 2.38 bits per heavy atom. The second-order valence-corrected chi connectivity index (χ2v) is 10.6. The van der Waals surface area contributed by atoms with Crippen molar-refractivity contribution in [3.8, 4) is 0 Å². The zero-order valence-corrected chi connectivity index (χ0v) is 12.7. The van der Waals surface area contributed by atoms with Crippen molar-refractivity contribution in [3.05, 3.63) is 35.4 Å². The van der Waals surface area contributed by atoms with E-state index in [-0.39, 0.29) is 16.0 Å². The second-order valence-electron chi connectivity index (χ2n) is 2.53. The molecule has 0 aliphatic rings. The van der Waals surface area contributed by atoms with Crippen LogP contribution in [0.25, 0.3) is 0 Å². The van der Waals surface area contributed by atoms with Gasteiger partial charge in [-0.05, 0) is 30.0 Å². The lowest BCUT2D eigenvalue weighted by Crippen LogP contribution is -1.83. The van der Waals surface area contributed by atoms with Crippen molar-refractivity contribution < 1.29 is 0 Å². The average molecular weight is 317 g/mol. The van der Waals surface area contributed by atoms with Crippen LogP contribution in [0.3, 0.4) is 0 Å². The summed E-state index contributed by atoms with van der Waals surface area (Å²) < 4.78 is 0. The summed E-state index contributed by atoms with van der Waals surface area (Å²) in [5.74, 6) is 0. The van der Waals surface area contributed by atoms with Crippen LogP contribution in [0.4, 0.5) is 0 Å².